The summed E-state index contributed by atoms with van der Waals surface area (Å²) in [6.07, 6.45) is 0. The molecule has 4 rings (SSSR count). The number of hydrogen-bond donors (Lipinski definition) is 1. The monoisotopic (exact) mass is 402 g/mol. The molecule has 0 atom stereocenters. The second-order valence-corrected chi connectivity index (χ2v) is 7.69. The van der Waals surface area contributed by atoms with Gasteiger partial charge < -0.3 is 13.7 Å². The van der Waals surface area contributed by atoms with Gasteiger partial charge in [0.1, 0.15) is 21.8 Å². The summed E-state index contributed by atoms with van der Waals surface area (Å²) < 4.78 is 36.0. The van der Waals surface area contributed by atoms with E-state index in [1.165, 1.54) is 18.2 Å². The first-order chi connectivity index (χ1) is 12.8. The molecule has 0 aliphatic heterocycles. The van der Waals surface area contributed by atoms with Crippen molar-refractivity contribution >= 4 is 49.6 Å². The first-order valence-corrected chi connectivity index (χ1v) is 9.52. The fraction of sp³-hybridized carbons (Fsp3) is 0. The van der Waals surface area contributed by atoms with Crippen molar-refractivity contribution in [3.63, 3.8) is 0 Å². The van der Waals surface area contributed by atoms with Gasteiger partial charge in [-0.15, -0.1) is 0 Å². The molecule has 1 heterocycles. The van der Waals surface area contributed by atoms with Crippen LogP contribution in [0.5, 0.6) is 5.75 Å². The van der Waals surface area contributed by atoms with Crippen LogP contribution in [0.4, 0.5) is 0 Å². The number of hydrogen-bond acceptors (Lipinski definition) is 5. The molecular weight excluding hydrogens is 392 g/mol. The van der Waals surface area contributed by atoms with Crippen LogP contribution in [0.15, 0.2) is 70.0 Å². The highest BCUT2D eigenvalue weighted by Crippen LogP contribution is 2.32. The molecule has 0 aliphatic rings. The molecule has 8 heteroatoms. The van der Waals surface area contributed by atoms with E-state index in [4.69, 9.17) is 25.3 Å². The molecular formula is C19H11ClO6S. The van der Waals surface area contributed by atoms with Crippen LogP contribution >= 0.6 is 11.6 Å². The predicted octanol–water partition coefficient (Wildman–Crippen LogP) is 4.71. The summed E-state index contributed by atoms with van der Waals surface area (Å²) >= 11 is 5.78. The first-order valence-electron chi connectivity index (χ1n) is 7.74. The van der Waals surface area contributed by atoms with Crippen LogP contribution in [-0.4, -0.2) is 19.5 Å². The van der Waals surface area contributed by atoms with E-state index in [0.29, 0.717) is 16.6 Å². The Balaban J connectivity index is 1.75. The average Bonchev–Trinajstić information content (AvgIpc) is 2.99. The highest BCUT2D eigenvalue weighted by Gasteiger charge is 2.21. The van der Waals surface area contributed by atoms with Gasteiger partial charge in [-0.1, -0.05) is 29.8 Å². The number of carbonyl (C=O) groups is 1. The fourth-order valence-electron chi connectivity index (χ4n) is 2.76. The third-order valence-electron chi connectivity index (χ3n) is 4.01. The van der Waals surface area contributed by atoms with Gasteiger partial charge in [0.2, 0.25) is 0 Å². The largest absolute Gasteiger partial charge is 0.478 e. The number of benzene rings is 3. The maximum Gasteiger partial charge on any atom is 0.339 e. The van der Waals surface area contributed by atoms with Crippen molar-refractivity contribution in [3.05, 3.63) is 71.2 Å². The second-order valence-electron chi connectivity index (χ2n) is 5.74. The molecule has 0 radical (unpaired) electrons. The summed E-state index contributed by atoms with van der Waals surface area (Å²) in [5.74, 6) is -1.25. The molecule has 4 aromatic rings. The van der Waals surface area contributed by atoms with Crippen molar-refractivity contribution in [2.24, 2.45) is 0 Å². The van der Waals surface area contributed by atoms with Crippen molar-refractivity contribution in [3.8, 4) is 5.75 Å². The lowest BCUT2D eigenvalue weighted by molar-refractivity contribution is 0.0697. The Morgan fingerprint density at radius 1 is 0.963 bits per heavy atom. The number of fused-ring (bicyclic) bond motifs is 3. The van der Waals surface area contributed by atoms with Crippen LogP contribution in [0.2, 0.25) is 5.02 Å². The van der Waals surface area contributed by atoms with Crippen LogP contribution in [0.25, 0.3) is 21.9 Å². The fourth-order valence-corrected chi connectivity index (χ4v) is 3.90. The van der Waals surface area contributed by atoms with Crippen molar-refractivity contribution in [2.45, 2.75) is 4.90 Å². The molecule has 3 aromatic carbocycles. The molecule has 0 spiro atoms. The standard InChI is InChI=1S/C19H11ClO6S/c20-16-7-6-12(10-15(16)19(21)22)27(23,24)26-11-5-8-18-14(9-11)13-3-1-2-4-17(13)25-18/h1-10H,(H,21,22). The number of carboxylic acids is 1. The number of rotatable bonds is 4. The molecule has 0 saturated carbocycles. The van der Waals surface area contributed by atoms with Crippen molar-refractivity contribution in [2.75, 3.05) is 0 Å². The van der Waals surface area contributed by atoms with Crippen LogP contribution in [0, 0.1) is 0 Å². The zero-order valence-corrected chi connectivity index (χ0v) is 15.1. The van der Waals surface area contributed by atoms with E-state index in [2.05, 4.69) is 0 Å². The summed E-state index contributed by atoms with van der Waals surface area (Å²) in [6, 6.07) is 15.4. The van der Waals surface area contributed by atoms with E-state index in [9.17, 15) is 13.2 Å². The summed E-state index contributed by atoms with van der Waals surface area (Å²) in [7, 11) is -4.24. The molecule has 27 heavy (non-hydrogen) atoms. The topological polar surface area (TPSA) is 93.8 Å². The minimum absolute atomic E-state index is 0.0623. The molecule has 0 fully saturated rings. The predicted molar refractivity (Wildman–Crippen MR) is 99.9 cm³/mol. The number of halogens is 1. The number of carboxylic acid groups (broad SMARTS) is 1. The molecule has 0 aliphatic carbocycles. The zero-order chi connectivity index (χ0) is 19.2. The van der Waals surface area contributed by atoms with E-state index in [1.807, 2.05) is 24.3 Å². The summed E-state index contributed by atoms with van der Waals surface area (Å²) in [4.78, 5) is 10.9. The quantitative estimate of drug-likeness (QED) is 0.497. The summed E-state index contributed by atoms with van der Waals surface area (Å²) in [6.45, 7) is 0. The van der Waals surface area contributed by atoms with E-state index < -0.39 is 16.1 Å². The van der Waals surface area contributed by atoms with Crippen molar-refractivity contribution < 1.29 is 26.9 Å². The van der Waals surface area contributed by atoms with Gasteiger partial charge in [-0.05, 0) is 42.5 Å². The Hall–Kier alpha value is -3.03. The zero-order valence-electron chi connectivity index (χ0n) is 13.5. The van der Waals surface area contributed by atoms with E-state index in [-0.39, 0.29) is 21.2 Å². The molecule has 136 valence electrons. The van der Waals surface area contributed by atoms with Gasteiger partial charge in [-0.25, -0.2) is 4.79 Å². The molecule has 0 unspecified atom stereocenters. The Morgan fingerprint density at radius 2 is 1.70 bits per heavy atom. The molecule has 1 N–H and O–H groups in total. The second kappa shape index (κ2) is 6.29. The molecule has 0 bridgehead atoms. The van der Waals surface area contributed by atoms with Gasteiger partial charge in [0.15, 0.2) is 0 Å². The van der Waals surface area contributed by atoms with Crippen LogP contribution in [0.3, 0.4) is 0 Å². The van der Waals surface area contributed by atoms with Crippen LogP contribution < -0.4 is 4.18 Å². The van der Waals surface area contributed by atoms with Gasteiger partial charge in [0, 0.05) is 10.8 Å². The average molecular weight is 403 g/mol. The number of furan rings is 1. The smallest absolute Gasteiger partial charge is 0.339 e. The van der Waals surface area contributed by atoms with Gasteiger partial charge >= 0.3 is 16.1 Å². The third-order valence-corrected chi connectivity index (χ3v) is 5.58. The van der Waals surface area contributed by atoms with Gasteiger partial charge in [0.05, 0.1) is 10.6 Å². The van der Waals surface area contributed by atoms with Crippen molar-refractivity contribution in [1.82, 2.24) is 0 Å². The highest BCUT2D eigenvalue weighted by atomic mass is 35.5. The molecule has 6 nitrogen and oxygen atoms in total. The lowest BCUT2D eigenvalue weighted by Gasteiger charge is -2.08. The van der Waals surface area contributed by atoms with E-state index >= 15 is 0 Å². The maximum absolute atomic E-state index is 12.5. The number of para-hydroxylation sites is 1. The maximum atomic E-state index is 12.5. The van der Waals surface area contributed by atoms with E-state index in [0.717, 1.165) is 11.5 Å². The normalized spacial score (nSPS) is 11.7. The Labute approximate surface area is 158 Å². The Morgan fingerprint density at radius 3 is 2.48 bits per heavy atom. The summed E-state index contributed by atoms with van der Waals surface area (Å²) in [5, 5.41) is 10.6. The van der Waals surface area contributed by atoms with Gasteiger partial charge in [-0.3, -0.25) is 0 Å². The third kappa shape index (κ3) is 3.11. The van der Waals surface area contributed by atoms with Crippen LogP contribution in [-0.2, 0) is 10.1 Å². The van der Waals surface area contributed by atoms with E-state index in [1.54, 1.807) is 12.1 Å². The lowest BCUT2D eigenvalue weighted by Crippen LogP contribution is -2.11. The number of aromatic carboxylic acids is 1. The Kier molecular flexibility index (Phi) is 4.05. The SMILES string of the molecule is O=C(O)c1cc(S(=O)(=O)Oc2ccc3oc4ccccc4c3c2)ccc1Cl. The summed E-state index contributed by atoms with van der Waals surface area (Å²) in [5.41, 5.74) is 0.953. The molecule has 0 amide bonds. The van der Waals surface area contributed by atoms with Gasteiger partial charge in [-0.2, -0.15) is 8.42 Å². The minimum atomic E-state index is -4.24. The molecule has 1 aromatic heterocycles. The first kappa shape index (κ1) is 17.4. The van der Waals surface area contributed by atoms with Crippen LogP contribution in [0.1, 0.15) is 10.4 Å². The highest BCUT2D eigenvalue weighted by molar-refractivity contribution is 7.87. The minimum Gasteiger partial charge on any atom is -0.478 e. The lowest BCUT2D eigenvalue weighted by atomic mass is 10.1. The molecule has 0 saturated heterocycles. The van der Waals surface area contributed by atoms with Gasteiger partial charge in [0.25, 0.3) is 0 Å². The Bertz CT molecular complexity index is 1310. The van der Waals surface area contributed by atoms with Crippen molar-refractivity contribution in [1.29, 1.82) is 0 Å².